The van der Waals surface area contributed by atoms with Crippen LogP contribution in [0.25, 0.3) is 0 Å². The fourth-order valence-corrected chi connectivity index (χ4v) is 2.91. The van der Waals surface area contributed by atoms with Crippen molar-refractivity contribution in [2.45, 2.75) is 12.8 Å². The number of methoxy groups -OCH3 is 1. The van der Waals surface area contributed by atoms with Gasteiger partial charge >= 0.3 is 0 Å². The van der Waals surface area contributed by atoms with E-state index in [2.05, 4.69) is 5.32 Å². The molecule has 1 fully saturated rings. The van der Waals surface area contributed by atoms with Crippen LogP contribution < -0.4 is 10.2 Å². The lowest BCUT2D eigenvalue weighted by Crippen LogP contribution is -2.42. The lowest BCUT2D eigenvalue weighted by Gasteiger charge is -2.21. The molecule has 27 heavy (non-hydrogen) atoms. The molecule has 7 nitrogen and oxygen atoms in total. The molecular weight excluding hydrogens is 360 g/mol. The van der Waals surface area contributed by atoms with Gasteiger partial charge in [-0.15, -0.1) is 0 Å². The summed E-state index contributed by atoms with van der Waals surface area (Å²) in [6.07, 6.45) is 0.574. The molecule has 1 atom stereocenters. The molecule has 148 valence electrons. The number of nitrogens with zero attached hydrogens (tertiary/aromatic N) is 2. The van der Waals surface area contributed by atoms with Crippen molar-refractivity contribution in [2.24, 2.45) is 5.92 Å². The third kappa shape index (κ3) is 5.46. The van der Waals surface area contributed by atoms with E-state index in [1.165, 1.54) is 18.0 Å². The number of benzene rings is 1. The number of halogens is 2. The van der Waals surface area contributed by atoms with Crippen LogP contribution in [-0.2, 0) is 19.1 Å². The van der Waals surface area contributed by atoms with E-state index in [4.69, 9.17) is 4.74 Å². The van der Waals surface area contributed by atoms with Crippen molar-refractivity contribution in [3.8, 4) is 0 Å². The maximum Gasteiger partial charge on any atom is 0.239 e. The van der Waals surface area contributed by atoms with Crippen LogP contribution >= 0.6 is 0 Å². The summed E-state index contributed by atoms with van der Waals surface area (Å²) >= 11 is 0. The van der Waals surface area contributed by atoms with Gasteiger partial charge in [-0.3, -0.25) is 14.4 Å². The van der Waals surface area contributed by atoms with Crippen molar-refractivity contribution in [1.82, 2.24) is 10.2 Å². The Balaban J connectivity index is 1.91. The largest absolute Gasteiger partial charge is 0.385 e. The van der Waals surface area contributed by atoms with Crippen LogP contribution in [0.4, 0.5) is 14.5 Å². The Morgan fingerprint density at radius 3 is 2.78 bits per heavy atom. The molecule has 3 amide bonds. The zero-order chi connectivity index (χ0) is 20.0. The Morgan fingerprint density at radius 2 is 2.11 bits per heavy atom. The summed E-state index contributed by atoms with van der Waals surface area (Å²) in [5.41, 5.74) is -0.0600. The summed E-state index contributed by atoms with van der Waals surface area (Å²) in [6.45, 7) is 0.810. The van der Waals surface area contributed by atoms with Gasteiger partial charge in [-0.2, -0.15) is 0 Å². The summed E-state index contributed by atoms with van der Waals surface area (Å²) in [4.78, 5) is 38.9. The van der Waals surface area contributed by atoms with E-state index in [9.17, 15) is 23.2 Å². The molecule has 1 saturated heterocycles. The van der Waals surface area contributed by atoms with E-state index >= 15 is 0 Å². The van der Waals surface area contributed by atoms with E-state index in [0.717, 1.165) is 11.0 Å². The van der Waals surface area contributed by atoms with Crippen LogP contribution in [0, 0.1) is 17.6 Å². The molecule has 0 aromatic heterocycles. The van der Waals surface area contributed by atoms with Crippen molar-refractivity contribution < 1.29 is 27.9 Å². The number of ether oxygens (including phenoxy) is 1. The number of hydrogen-bond acceptors (Lipinski definition) is 4. The van der Waals surface area contributed by atoms with Gasteiger partial charge in [0.05, 0.1) is 18.2 Å². The lowest BCUT2D eigenvalue weighted by atomic mass is 10.1. The second-order valence-corrected chi connectivity index (χ2v) is 6.39. The molecule has 1 unspecified atom stereocenters. The first-order valence-corrected chi connectivity index (χ1v) is 8.59. The van der Waals surface area contributed by atoms with Gasteiger partial charge in [-0.05, 0) is 18.6 Å². The third-order valence-corrected chi connectivity index (χ3v) is 4.28. The molecule has 1 aromatic rings. The minimum Gasteiger partial charge on any atom is -0.385 e. The van der Waals surface area contributed by atoms with E-state index in [-0.39, 0.29) is 37.0 Å². The average molecular weight is 383 g/mol. The Bertz CT molecular complexity index is 714. The van der Waals surface area contributed by atoms with E-state index in [0.29, 0.717) is 25.6 Å². The second-order valence-electron chi connectivity index (χ2n) is 6.39. The fraction of sp³-hybridized carbons (Fsp3) is 0.500. The van der Waals surface area contributed by atoms with Crippen molar-refractivity contribution >= 4 is 23.4 Å². The molecule has 1 aromatic carbocycles. The number of amides is 3. The quantitative estimate of drug-likeness (QED) is 0.678. The first-order valence-electron chi connectivity index (χ1n) is 8.59. The van der Waals surface area contributed by atoms with Crippen molar-refractivity contribution in [3.63, 3.8) is 0 Å². The fourth-order valence-electron chi connectivity index (χ4n) is 2.91. The molecule has 0 bridgehead atoms. The van der Waals surface area contributed by atoms with Gasteiger partial charge in [-0.25, -0.2) is 8.78 Å². The van der Waals surface area contributed by atoms with Crippen LogP contribution in [0.1, 0.15) is 12.8 Å². The van der Waals surface area contributed by atoms with Gasteiger partial charge in [0.15, 0.2) is 0 Å². The summed E-state index contributed by atoms with van der Waals surface area (Å²) in [7, 11) is 3.04. The van der Waals surface area contributed by atoms with Crippen molar-refractivity contribution in [3.05, 3.63) is 29.8 Å². The van der Waals surface area contributed by atoms with Crippen LogP contribution in [0.3, 0.4) is 0 Å². The second kappa shape index (κ2) is 9.40. The SMILES string of the molecule is COCCCNC(=O)CN(C)C(=O)C1CC(=O)N(c2ccc(F)cc2F)C1. The molecule has 0 radical (unpaired) electrons. The van der Waals surface area contributed by atoms with Crippen LogP contribution in [0.5, 0.6) is 0 Å². The molecule has 0 spiro atoms. The molecule has 0 saturated carbocycles. The van der Waals surface area contributed by atoms with Gasteiger partial charge < -0.3 is 19.9 Å². The Morgan fingerprint density at radius 1 is 1.37 bits per heavy atom. The predicted octanol–water partition coefficient (Wildman–Crippen LogP) is 0.929. The summed E-state index contributed by atoms with van der Waals surface area (Å²) < 4.78 is 31.8. The van der Waals surface area contributed by atoms with Gasteiger partial charge in [-0.1, -0.05) is 0 Å². The van der Waals surface area contributed by atoms with Crippen molar-refractivity contribution in [1.29, 1.82) is 0 Å². The molecule has 1 aliphatic rings. The minimum absolute atomic E-state index is 0.0139. The topological polar surface area (TPSA) is 79.0 Å². The smallest absolute Gasteiger partial charge is 0.239 e. The molecule has 0 aliphatic carbocycles. The highest BCUT2D eigenvalue weighted by Gasteiger charge is 2.37. The average Bonchev–Trinajstić information content (AvgIpc) is 2.99. The van der Waals surface area contributed by atoms with Crippen LogP contribution in [0.2, 0.25) is 0 Å². The zero-order valence-corrected chi connectivity index (χ0v) is 15.3. The van der Waals surface area contributed by atoms with Crippen LogP contribution in [-0.4, -0.2) is 63.0 Å². The molecule has 2 rings (SSSR count). The zero-order valence-electron chi connectivity index (χ0n) is 15.3. The number of nitrogens with one attached hydrogen (secondary N) is 1. The molecule has 1 N–H and O–H groups in total. The Kier molecular flexibility index (Phi) is 7.23. The molecule has 1 heterocycles. The first-order chi connectivity index (χ1) is 12.8. The number of likely N-dealkylation sites (N-methyl/N-ethyl adjacent to an activating group) is 1. The molecule has 9 heteroatoms. The van der Waals surface area contributed by atoms with Gasteiger partial charge in [0.1, 0.15) is 11.6 Å². The Labute approximate surface area is 156 Å². The predicted molar refractivity (Wildman–Crippen MR) is 94.0 cm³/mol. The summed E-state index contributed by atoms with van der Waals surface area (Å²) in [6, 6.07) is 2.92. The number of anilines is 1. The number of carbonyl (C=O) groups excluding carboxylic acids is 3. The normalized spacial score (nSPS) is 16.5. The van der Waals surface area contributed by atoms with Gasteiger partial charge in [0.2, 0.25) is 17.7 Å². The summed E-state index contributed by atoms with van der Waals surface area (Å²) in [5, 5.41) is 2.67. The first kappa shape index (κ1) is 20.8. The van der Waals surface area contributed by atoms with Crippen LogP contribution in [0.15, 0.2) is 18.2 Å². The number of carbonyl (C=O) groups is 3. The number of rotatable bonds is 8. The molecule has 1 aliphatic heterocycles. The monoisotopic (exact) mass is 383 g/mol. The van der Waals surface area contributed by atoms with E-state index in [1.54, 1.807) is 7.11 Å². The maximum absolute atomic E-state index is 13.9. The third-order valence-electron chi connectivity index (χ3n) is 4.28. The molecular formula is C18H23F2N3O4. The van der Waals surface area contributed by atoms with Crippen molar-refractivity contribution in [2.75, 3.05) is 45.3 Å². The maximum atomic E-state index is 13.9. The lowest BCUT2D eigenvalue weighted by molar-refractivity contribution is -0.138. The van der Waals surface area contributed by atoms with E-state index in [1.807, 2.05) is 0 Å². The summed E-state index contributed by atoms with van der Waals surface area (Å²) in [5.74, 6) is -3.40. The van der Waals surface area contributed by atoms with Gasteiger partial charge in [0, 0.05) is 46.3 Å². The van der Waals surface area contributed by atoms with E-state index < -0.39 is 23.5 Å². The highest BCUT2D eigenvalue weighted by molar-refractivity contribution is 6.00. The minimum atomic E-state index is -0.861. The highest BCUT2D eigenvalue weighted by atomic mass is 19.1. The van der Waals surface area contributed by atoms with Gasteiger partial charge in [0.25, 0.3) is 0 Å². The Hall–Kier alpha value is -2.55. The standard InChI is InChI=1S/C18H23F2N3O4/c1-22(11-16(24)21-6-3-7-27-2)18(26)12-8-17(25)23(10-12)15-5-4-13(19)9-14(15)20/h4-5,9,12H,3,6-8,10-11H2,1-2H3,(H,21,24). The highest BCUT2D eigenvalue weighted by Crippen LogP contribution is 2.28. The number of hydrogen-bond donors (Lipinski definition) is 1.